The molecule has 0 radical (unpaired) electrons. The van der Waals surface area contributed by atoms with E-state index < -0.39 is 42.6 Å². The van der Waals surface area contributed by atoms with Crippen LogP contribution in [0.15, 0.2) is 28.7 Å². The number of carboxylic acid groups (broad SMARTS) is 2. The van der Waals surface area contributed by atoms with E-state index in [0.29, 0.717) is 11.3 Å². The van der Waals surface area contributed by atoms with Crippen molar-refractivity contribution < 1.29 is 38.9 Å². The minimum absolute atomic E-state index is 0.0439. The Morgan fingerprint density at radius 2 is 1.86 bits per heavy atom. The molecule has 0 spiro atoms. The summed E-state index contributed by atoms with van der Waals surface area (Å²) in [7, 11) is 1.45. The zero-order valence-electron chi connectivity index (χ0n) is 15.5. The average Bonchev–Trinajstić information content (AvgIpc) is 3.14. The van der Waals surface area contributed by atoms with Gasteiger partial charge in [0.1, 0.15) is 11.8 Å². The number of aliphatic hydroxyl groups is 1. The molecule has 156 valence electrons. The van der Waals surface area contributed by atoms with E-state index in [4.69, 9.17) is 19.4 Å². The highest BCUT2D eigenvalue weighted by Gasteiger charge is 2.29. The van der Waals surface area contributed by atoms with Gasteiger partial charge >= 0.3 is 18.0 Å². The molecule has 29 heavy (non-hydrogen) atoms. The number of benzene rings is 1. The fourth-order valence-electron chi connectivity index (χ4n) is 2.41. The van der Waals surface area contributed by atoms with Crippen molar-refractivity contribution in [3.8, 4) is 17.2 Å². The zero-order chi connectivity index (χ0) is 21.6. The number of nitrogens with zero attached hydrogens (tertiary/aromatic N) is 2. The summed E-state index contributed by atoms with van der Waals surface area (Å²) in [6, 6.07) is 2.91. The average molecular weight is 408 g/mol. The summed E-state index contributed by atoms with van der Waals surface area (Å²) < 4.78 is 10.7. The van der Waals surface area contributed by atoms with E-state index in [2.05, 4.69) is 15.5 Å². The molecule has 0 aliphatic carbocycles. The Balaban J connectivity index is 2.23. The lowest BCUT2D eigenvalue weighted by atomic mass is 10.2. The molecule has 1 heterocycles. The van der Waals surface area contributed by atoms with Gasteiger partial charge in [-0.1, -0.05) is 12.1 Å². The highest BCUT2D eigenvalue weighted by atomic mass is 16.5. The van der Waals surface area contributed by atoms with Gasteiger partial charge in [-0.25, -0.2) is 9.59 Å². The van der Waals surface area contributed by atoms with Crippen molar-refractivity contribution in [2.24, 2.45) is 0 Å². The maximum absolute atomic E-state index is 12.1. The zero-order valence-corrected chi connectivity index (χ0v) is 15.5. The number of ether oxygens (including phenoxy) is 1. The maximum Gasteiger partial charge on any atom is 0.328 e. The smallest absolute Gasteiger partial charge is 0.328 e. The maximum atomic E-state index is 12.1. The van der Waals surface area contributed by atoms with Crippen LogP contribution in [-0.4, -0.2) is 62.7 Å². The molecule has 0 aliphatic rings. The molecule has 2 unspecified atom stereocenters. The van der Waals surface area contributed by atoms with Gasteiger partial charge in [0.15, 0.2) is 6.04 Å². The number of rotatable bonds is 9. The number of amides is 2. The fraction of sp³-hybridized carbons (Fsp3) is 0.353. The lowest BCUT2D eigenvalue weighted by Gasteiger charge is -2.19. The summed E-state index contributed by atoms with van der Waals surface area (Å²) in [6.07, 6.45) is -1.98. The van der Waals surface area contributed by atoms with Gasteiger partial charge in [-0.15, -0.1) is 10.2 Å². The molecule has 12 nitrogen and oxygen atoms in total. The van der Waals surface area contributed by atoms with Crippen LogP contribution in [0.1, 0.15) is 25.3 Å². The number of hydrogen-bond acceptors (Lipinski definition) is 8. The molecule has 2 aromatic rings. The molecule has 1 aromatic heterocycles. The van der Waals surface area contributed by atoms with Crippen LogP contribution < -0.4 is 15.4 Å². The number of hydrogen-bond donors (Lipinski definition) is 5. The molecule has 3 atom stereocenters. The third kappa shape index (κ3) is 5.65. The normalized spacial score (nSPS) is 13.8. The quantitative estimate of drug-likeness (QED) is 0.389. The van der Waals surface area contributed by atoms with E-state index in [1.165, 1.54) is 14.0 Å². The summed E-state index contributed by atoms with van der Waals surface area (Å²) >= 11 is 0. The monoisotopic (exact) mass is 408 g/mol. The number of aliphatic carboxylic acids is 2. The first-order valence-corrected chi connectivity index (χ1v) is 8.39. The van der Waals surface area contributed by atoms with E-state index in [9.17, 15) is 19.5 Å². The van der Waals surface area contributed by atoms with Crippen LogP contribution in [-0.2, 0) is 9.59 Å². The fourth-order valence-corrected chi connectivity index (χ4v) is 2.41. The number of aliphatic hydroxyl groups excluding tert-OH is 1. The van der Waals surface area contributed by atoms with Crippen LogP contribution in [0.25, 0.3) is 11.5 Å². The minimum Gasteiger partial charge on any atom is -0.496 e. The molecule has 0 bridgehead atoms. The molecule has 0 saturated carbocycles. The molecule has 2 amide bonds. The number of methoxy groups -OCH3 is 1. The SMILES string of the molecule is COc1ccccc1-c1nnc([C@H](CC(=O)O)NC(=O)NC(C(=O)O)C(C)O)o1. The Morgan fingerprint density at radius 3 is 2.45 bits per heavy atom. The predicted octanol–water partition coefficient (Wildman–Crippen LogP) is 0.394. The molecule has 0 fully saturated rings. The van der Waals surface area contributed by atoms with Crippen LogP contribution >= 0.6 is 0 Å². The van der Waals surface area contributed by atoms with E-state index in [1.807, 2.05) is 5.32 Å². The summed E-state index contributed by atoms with van der Waals surface area (Å²) in [5.41, 5.74) is 0.465. The molecule has 1 aromatic carbocycles. The lowest BCUT2D eigenvalue weighted by molar-refractivity contribution is -0.142. The Hall–Kier alpha value is -3.67. The largest absolute Gasteiger partial charge is 0.496 e. The third-order valence-electron chi connectivity index (χ3n) is 3.80. The Morgan fingerprint density at radius 1 is 1.17 bits per heavy atom. The van der Waals surface area contributed by atoms with Crippen molar-refractivity contribution in [2.75, 3.05) is 7.11 Å². The second-order valence-corrected chi connectivity index (χ2v) is 5.97. The van der Waals surface area contributed by atoms with Gasteiger partial charge in [0.2, 0.25) is 5.89 Å². The van der Waals surface area contributed by atoms with Crippen molar-refractivity contribution in [2.45, 2.75) is 31.5 Å². The van der Waals surface area contributed by atoms with Crippen LogP contribution in [0.5, 0.6) is 5.75 Å². The number of urea groups is 1. The standard InChI is InChI=1S/C17H20N4O8/c1-8(22)13(16(25)26)19-17(27)18-10(7-12(23)24)15-21-20-14(29-15)9-5-3-4-6-11(9)28-2/h3-6,8,10,13,22H,7H2,1-2H3,(H,23,24)(H,25,26)(H2,18,19,27)/t8?,10-,13?/m0/s1. The van der Waals surface area contributed by atoms with Crippen molar-refractivity contribution >= 4 is 18.0 Å². The minimum atomic E-state index is -1.59. The number of carbonyl (C=O) groups excluding carboxylic acids is 1. The number of aromatic nitrogens is 2. The molecular weight excluding hydrogens is 388 g/mol. The van der Waals surface area contributed by atoms with Crippen LogP contribution in [0.4, 0.5) is 4.79 Å². The second-order valence-electron chi connectivity index (χ2n) is 5.97. The third-order valence-corrected chi connectivity index (χ3v) is 3.80. The summed E-state index contributed by atoms with van der Waals surface area (Å²) in [6.45, 7) is 1.19. The van der Waals surface area contributed by atoms with Crippen LogP contribution in [0, 0.1) is 0 Å². The van der Waals surface area contributed by atoms with Gasteiger partial charge < -0.3 is 35.1 Å². The Kier molecular flexibility index (Phi) is 7.09. The van der Waals surface area contributed by atoms with E-state index >= 15 is 0 Å². The number of nitrogens with one attached hydrogen (secondary N) is 2. The first-order valence-electron chi connectivity index (χ1n) is 8.39. The van der Waals surface area contributed by atoms with Gasteiger partial charge in [-0.2, -0.15) is 0 Å². The van der Waals surface area contributed by atoms with Crippen LogP contribution in [0.3, 0.4) is 0 Å². The predicted molar refractivity (Wildman–Crippen MR) is 96.1 cm³/mol. The summed E-state index contributed by atoms with van der Waals surface area (Å²) in [4.78, 5) is 34.4. The molecule has 0 aliphatic heterocycles. The number of carbonyl (C=O) groups is 3. The van der Waals surface area contributed by atoms with E-state index in [-0.39, 0.29) is 11.8 Å². The van der Waals surface area contributed by atoms with Crippen molar-refractivity contribution in [3.05, 3.63) is 30.2 Å². The van der Waals surface area contributed by atoms with Crippen molar-refractivity contribution in [3.63, 3.8) is 0 Å². The highest BCUT2D eigenvalue weighted by molar-refractivity contribution is 5.83. The molecule has 12 heteroatoms. The van der Waals surface area contributed by atoms with Gasteiger partial charge in [0.25, 0.3) is 5.89 Å². The van der Waals surface area contributed by atoms with Gasteiger partial charge in [-0.05, 0) is 19.1 Å². The van der Waals surface area contributed by atoms with Crippen molar-refractivity contribution in [1.82, 2.24) is 20.8 Å². The summed E-state index contributed by atoms with van der Waals surface area (Å²) in [5, 5.41) is 39.5. The van der Waals surface area contributed by atoms with E-state index in [0.717, 1.165) is 0 Å². The number of para-hydroxylation sites is 1. The first-order chi connectivity index (χ1) is 13.7. The van der Waals surface area contributed by atoms with Crippen molar-refractivity contribution in [1.29, 1.82) is 0 Å². The van der Waals surface area contributed by atoms with Gasteiger partial charge in [-0.3, -0.25) is 4.79 Å². The Labute approximate surface area is 164 Å². The van der Waals surface area contributed by atoms with E-state index in [1.54, 1.807) is 24.3 Å². The molecule has 5 N–H and O–H groups in total. The van der Waals surface area contributed by atoms with Gasteiger partial charge in [0.05, 0.1) is 25.2 Å². The second kappa shape index (κ2) is 9.50. The lowest BCUT2D eigenvalue weighted by Crippen LogP contribution is -2.51. The number of carboxylic acids is 2. The Bertz CT molecular complexity index is 882. The molecule has 0 saturated heterocycles. The van der Waals surface area contributed by atoms with Crippen LogP contribution in [0.2, 0.25) is 0 Å². The molecular formula is C17H20N4O8. The highest BCUT2D eigenvalue weighted by Crippen LogP contribution is 2.29. The topological polar surface area (TPSA) is 184 Å². The van der Waals surface area contributed by atoms with Gasteiger partial charge in [0, 0.05) is 0 Å². The first kappa shape index (κ1) is 21.6. The molecule has 2 rings (SSSR count). The summed E-state index contributed by atoms with van der Waals surface area (Å²) in [5.74, 6) is -2.43.